The molecule has 0 aliphatic rings. The van der Waals surface area contributed by atoms with E-state index in [1.165, 1.54) is 33.5 Å². The van der Waals surface area contributed by atoms with E-state index in [1.807, 2.05) is 0 Å². The van der Waals surface area contributed by atoms with E-state index >= 15 is 0 Å². The zero-order chi connectivity index (χ0) is 15.8. The van der Waals surface area contributed by atoms with Crippen LogP contribution in [0.5, 0.6) is 0 Å². The lowest BCUT2D eigenvalue weighted by Gasteiger charge is -2.12. The highest BCUT2D eigenvalue weighted by Crippen LogP contribution is 2.33. The molecule has 1 aromatic carbocycles. The Morgan fingerprint density at radius 2 is 1.78 bits per heavy atom. The summed E-state index contributed by atoms with van der Waals surface area (Å²) in [7, 11) is 2.10. The van der Waals surface area contributed by atoms with Gasteiger partial charge in [0.1, 0.15) is 7.05 Å². The summed E-state index contributed by atoms with van der Waals surface area (Å²) >= 11 is 0. The fourth-order valence-electron chi connectivity index (χ4n) is 3.22. The van der Waals surface area contributed by atoms with Gasteiger partial charge in [-0.15, -0.1) is 0 Å². The second kappa shape index (κ2) is 5.40. The molecule has 0 amide bonds. The Balaban J connectivity index is 1.99. The molecule has 4 rings (SSSR count). The SMILES string of the molecule is Cc1cccc(-c2ccc3cccn3c2)c1-c1cccc[n+]1C. The van der Waals surface area contributed by atoms with E-state index < -0.39 is 0 Å². The van der Waals surface area contributed by atoms with Crippen molar-refractivity contribution in [2.45, 2.75) is 6.92 Å². The third-order valence-electron chi connectivity index (χ3n) is 4.42. The molecule has 0 aliphatic carbocycles. The van der Waals surface area contributed by atoms with Crippen LogP contribution < -0.4 is 4.57 Å². The number of pyridine rings is 2. The number of fused-ring (bicyclic) bond motifs is 1. The average molecular weight is 299 g/mol. The quantitative estimate of drug-likeness (QED) is 0.485. The molecule has 0 radical (unpaired) electrons. The van der Waals surface area contributed by atoms with Gasteiger partial charge in [0.25, 0.3) is 0 Å². The number of hydrogen-bond acceptors (Lipinski definition) is 0. The Morgan fingerprint density at radius 3 is 2.65 bits per heavy atom. The highest BCUT2D eigenvalue weighted by molar-refractivity contribution is 5.83. The van der Waals surface area contributed by atoms with Crippen molar-refractivity contribution in [1.82, 2.24) is 4.40 Å². The van der Waals surface area contributed by atoms with Crippen molar-refractivity contribution in [3.63, 3.8) is 0 Å². The molecule has 0 N–H and O–H groups in total. The van der Waals surface area contributed by atoms with Crippen molar-refractivity contribution < 1.29 is 4.57 Å². The number of aromatic nitrogens is 2. The summed E-state index contributed by atoms with van der Waals surface area (Å²) in [6.07, 6.45) is 6.40. The summed E-state index contributed by atoms with van der Waals surface area (Å²) in [5, 5.41) is 0. The first kappa shape index (κ1) is 13.8. The van der Waals surface area contributed by atoms with E-state index in [1.54, 1.807) is 0 Å². The number of rotatable bonds is 2. The minimum Gasteiger partial charge on any atom is -0.323 e. The third kappa shape index (κ3) is 2.33. The maximum absolute atomic E-state index is 2.21. The highest BCUT2D eigenvalue weighted by Gasteiger charge is 2.17. The zero-order valence-electron chi connectivity index (χ0n) is 13.4. The van der Waals surface area contributed by atoms with Crippen molar-refractivity contribution in [1.29, 1.82) is 0 Å². The van der Waals surface area contributed by atoms with E-state index in [9.17, 15) is 0 Å². The molecule has 0 unspecified atom stereocenters. The second-order valence-electron chi connectivity index (χ2n) is 5.95. The van der Waals surface area contributed by atoms with Gasteiger partial charge in [-0.05, 0) is 47.9 Å². The molecule has 3 heterocycles. The number of nitrogens with zero attached hydrogens (tertiary/aromatic N) is 2. The smallest absolute Gasteiger partial charge is 0.213 e. The zero-order valence-corrected chi connectivity index (χ0v) is 13.4. The summed E-state index contributed by atoms with van der Waals surface area (Å²) in [5.41, 5.74) is 7.53. The molecule has 2 nitrogen and oxygen atoms in total. The predicted octanol–water partition coefficient (Wildman–Crippen LogP) is 4.41. The van der Waals surface area contributed by atoms with Gasteiger partial charge < -0.3 is 4.40 Å². The van der Waals surface area contributed by atoms with Crippen LogP contribution >= 0.6 is 0 Å². The van der Waals surface area contributed by atoms with Gasteiger partial charge in [0.2, 0.25) is 5.69 Å². The normalized spacial score (nSPS) is 11.0. The minimum absolute atomic E-state index is 1.22. The summed E-state index contributed by atoms with van der Waals surface area (Å²) in [6.45, 7) is 2.18. The topological polar surface area (TPSA) is 8.29 Å². The second-order valence-corrected chi connectivity index (χ2v) is 5.95. The first-order chi connectivity index (χ1) is 11.2. The molecule has 0 atom stereocenters. The van der Waals surface area contributed by atoms with Crippen molar-refractivity contribution in [2.24, 2.45) is 7.05 Å². The maximum Gasteiger partial charge on any atom is 0.213 e. The number of benzene rings is 1. The van der Waals surface area contributed by atoms with Crippen molar-refractivity contribution in [3.8, 4) is 22.4 Å². The van der Waals surface area contributed by atoms with Crippen LogP contribution in [0.3, 0.4) is 0 Å². The number of hydrogen-bond donors (Lipinski definition) is 0. The minimum atomic E-state index is 1.22. The van der Waals surface area contributed by atoms with E-state index in [0.717, 1.165) is 0 Å². The third-order valence-corrected chi connectivity index (χ3v) is 4.42. The molecule has 0 fully saturated rings. The Kier molecular flexibility index (Phi) is 3.23. The van der Waals surface area contributed by atoms with Gasteiger partial charge in [-0.25, -0.2) is 4.57 Å². The van der Waals surface area contributed by atoms with Gasteiger partial charge in [0.15, 0.2) is 6.20 Å². The van der Waals surface area contributed by atoms with E-state index in [0.29, 0.717) is 0 Å². The molecule has 0 aliphatic heterocycles. The summed E-state index contributed by atoms with van der Waals surface area (Å²) < 4.78 is 4.35. The van der Waals surface area contributed by atoms with Crippen LogP contribution in [0.2, 0.25) is 0 Å². The maximum atomic E-state index is 2.21. The Morgan fingerprint density at radius 1 is 0.870 bits per heavy atom. The van der Waals surface area contributed by atoms with Crippen LogP contribution in [-0.4, -0.2) is 4.40 Å². The molecule has 0 spiro atoms. The lowest BCUT2D eigenvalue weighted by atomic mass is 9.94. The van der Waals surface area contributed by atoms with Crippen LogP contribution in [0.15, 0.2) is 79.3 Å². The lowest BCUT2D eigenvalue weighted by molar-refractivity contribution is -0.660. The average Bonchev–Trinajstić information content (AvgIpc) is 3.03. The van der Waals surface area contributed by atoms with Crippen molar-refractivity contribution >= 4 is 5.52 Å². The summed E-state index contributed by atoms with van der Waals surface area (Å²) in [5.74, 6) is 0. The Hall–Kier alpha value is -2.87. The van der Waals surface area contributed by atoms with Gasteiger partial charge in [0, 0.05) is 30.0 Å². The predicted molar refractivity (Wildman–Crippen MR) is 94.2 cm³/mol. The van der Waals surface area contributed by atoms with Crippen molar-refractivity contribution in [2.75, 3.05) is 0 Å². The van der Waals surface area contributed by atoms with Crippen LogP contribution in [0.1, 0.15) is 5.56 Å². The lowest BCUT2D eigenvalue weighted by Crippen LogP contribution is -2.30. The summed E-state index contributed by atoms with van der Waals surface area (Å²) in [6, 6.07) is 21.4. The molecule has 112 valence electrons. The molecule has 0 bridgehead atoms. The fourth-order valence-corrected chi connectivity index (χ4v) is 3.22. The van der Waals surface area contributed by atoms with Crippen LogP contribution in [-0.2, 0) is 7.05 Å². The van der Waals surface area contributed by atoms with Crippen LogP contribution in [0.4, 0.5) is 0 Å². The fraction of sp³-hybridized carbons (Fsp3) is 0.0952. The highest BCUT2D eigenvalue weighted by atomic mass is 14.9. The first-order valence-electron chi connectivity index (χ1n) is 7.86. The largest absolute Gasteiger partial charge is 0.323 e. The van der Waals surface area contributed by atoms with E-state index in [4.69, 9.17) is 0 Å². The van der Waals surface area contributed by atoms with E-state index in [-0.39, 0.29) is 0 Å². The first-order valence-corrected chi connectivity index (χ1v) is 7.86. The van der Waals surface area contributed by atoms with E-state index in [2.05, 4.69) is 102 Å². The van der Waals surface area contributed by atoms with Crippen molar-refractivity contribution in [3.05, 3.63) is 84.8 Å². The molecule has 23 heavy (non-hydrogen) atoms. The molecule has 0 saturated carbocycles. The Labute approximate surface area is 136 Å². The van der Waals surface area contributed by atoms with Gasteiger partial charge in [0.05, 0.1) is 5.56 Å². The molecular formula is C21H19N2+. The molecule has 3 aromatic heterocycles. The van der Waals surface area contributed by atoms with Gasteiger partial charge in [-0.1, -0.05) is 24.3 Å². The Bertz CT molecular complexity index is 996. The number of aryl methyl sites for hydroxylation is 2. The monoisotopic (exact) mass is 299 g/mol. The van der Waals surface area contributed by atoms with Crippen LogP contribution in [0, 0.1) is 6.92 Å². The summed E-state index contributed by atoms with van der Waals surface area (Å²) in [4.78, 5) is 0. The van der Waals surface area contributed by atoms with Gasteiger partial charge in [-0.2, -0.15) is 0 Å². The molecular weight excluding hydrogens is 280 g/mol. The van der Waals surface area contributed by atoms with Gasteiger partial charge >= 0.3 is 0 Å². The van der Waals surface area contributed by atoms with Crippen LogP contribution in [0.25, 0.3) is 27.9 Å². The molecule has 4 aromatic rings. The molecule has 0 saturated heterocycles. The van der Waals surface area contributed by atoms with Gasteiger partial charge in [-0.3, -0.25) is 0 Å². The standard InChI is InChI=1S/C21H19N2/c1-16-7-5-9-19(21(16)20-10-3-4-13-22(20)2)17-11-12-18-8-6-14-23(18)15-17/h3-15H,1-2H3/q+1. The molecule has 2 heteroatoms.